The van der Waals surface area contributed by atoms with Crippen LogP contribution in [0.2, 0.25) is 5.02 Å². The van der Waals surface area contributed by atoms with Crippen LogP contribution in [0, 0.1) is 6.92 Å². The number of ether oxygens (including phenoxy) is 1. The van der Waals surface area contributed by atoms with Crippen molar-refractivity contribution in [1.29, 1.82) is 0 Å². The molecule has 4 heterocycles. The summed E-state index contributed by atoms with van der Waals surface area (Å²) in [5.74, 6) is 0. The van der Waals surface area contributed by atoms with Crippen LogP contribution in [0.15, 0.2) is 41.5 Å². The van der Waals surface area contributed by atoms with Gasteiger partial charge in [-0.25, -0.2) is 4.68 Å². The van der Waals surface area contributed by atoms with E-state index in [0.717, 1.165) is 49.2 Å². The Balaban J connectivity index is 1.42. The Hall–Kier alpha value is -2.64. The molecule has 1 aromatic carbocycles. The van der Waals surface area contributed by atoms with Crippen LogP contribution in [0.3, 0.4) is 0 Å². The summed E-state index contributed by atoms with van der Waals surface area (Å²) in [6, 6.07) is 8.20. The molecule has 2 aliphatic rings. The average molecular weight is 426 g/mol. The minimum atomic E-state index is -0.321. The maximum atomic E-state index is 12.8. The quantitative estimate of drug-likeness (QED) is 0.640. The number of rotatable bonds is 3. The molecule has 1 atom stereocenters. The van der Waals surface area contributed by atoms with E-state index >= 15 is 0 Å². The highest BCUT2D eigenvalue weighted by Gasteiger charge is 2.25. The smallest absolute Gasteiger partial charge is 0.290 e. The molecule has 156 valence electrons. The summed E-state index contributed by atoms with van der Waals surface area (Å²) in [6.07, 6.45) is 7.06. The van der Waals surface area contributed by atoms with Crippen molar-refractivity contribution in [3.63, 3.8) is 0 Å². The molecule has 1 saturated heterocycles. The molecular formula is C22H24ClN5O2. The summed E-state index contributed by atoms with van der Waals surface area (Å²) in [7, 11) is 0. The van der Waals surface area contributed by atoms with E-state index in [1.807, 2.05) is 16.8 Å². The first-order valence-electron chi connectivity index (χ1n) is 10.4. The van der Waals surface area contributed by atoms with Crippen molar-refractivity contribution < 1.29 is 4.74 Å². The Morgan fingerprint density at radius 1 is 1.20 bits per heavy atom. The number of aryl methyl sites for hydroxylation is 1. The summed E-state index contributed by atoms with van der Waals surface area (Å²) >= 11 is 6.51. The minimum Gasteiger partial charge on any atom is -0.364 e. The zero-order valence-electron chi connectivity index (χ0n) is 16.9. The van der Waals surface area contributed by atoms with Crippen molar-refractivity contribution >= 4 is 17.3 Å². The van der Waals surface area contributed by atoms with Gasteiger partial charge >= 0.3 is 0 Å². The zero-order chi connectivity index (χ0) is 20.7. The normalized spacial score (nSPS) is 19.0. The summed E-state index contributed by atoms with van der Waals surface area (Å²) in [5, 5.41) is 9.38. The van der Waals surface area contributed by atoms with Crippen LogP contribution in [0.25, 0.3) is 5.69 Å². The Morgan fingerprint density at radius 2 is 2.07 bits per heavy atom. The van der Waals surface area contributed by atoms with Crippen LogP contribution in [0.5, 0.6) is 0 Å². The Labute approximate surface area is 179 Å². The minimum absolute atomic E-state index is 0.203. The lowest BCUT2D eigenvalue weighted by atomic mass is 10.1. The monoisotopic (exact) mass is 425 g/mol. The molecule has 1 fully saturated rings. The number of hydrogen-bond donors (Lipinski definition) is 0. The third kappa shape index (κ3) is 3.42. The van der Waals surface area contributed by atoms with E-state index in [-0.39, 0.29) is 16.8 Å². The molecule has 0 amide bonds. The highest BCUT2D eigenvalue weighted by atomic mass is 35.5. The van der Waals surface area contributed by atoms with Gasteiger partial charge in [0.1, 0.15) is 5.02 Å². The maximum Gasteiger partial charge on any atom is 0.290 e. The van der Waals surface area contributed by atoms with Gasteiger partial charge in [0.25, 0.3) is 5.56 Å². The second-order valence-electron chi connectivity index (χ2n) is 7.92. The first-order valence-corrected chi connectivity index (χ1v) is 10.8. The lowest BCUT2D eigenvalue weighted by Crippen LogP contribution is -2.35. The number of nitrogens with zero attached hydrogens (tertiary/aromatic N) is 5. The molecule has 0 radical (unpaired) electrons. The molecule has 2 aromatic heterocycles. The molecule has 0 saturated carbocycles. The number of anilines is 1. The van der Waals surface area contributed by atoms with Crippen molar-refractivity contribution in [2.45, 2.75) is 45.4 Å². The molecular weight excluding hydrogens is 402 g/mol. The molecule has 8 heteroatoms. The Bertz CT molecular complexity index is 1130. The van der Waals surface area contributed by atoms with Gasteiger partial charge in [0.2, 0.25) is 0 Å². The van der Waals surface area contributed by atoms with Crippen LogP contribution >= 0.6 is 11.6 Å². The highest BCUT2D eigenvalue weighted by Crippen LogP contribution is 2.29. The van der Waals surface area contributed by atoms with E-state index in [1.54, 1.807) is 6.20 Å². The van der Waals surface area contributed by atoms with Crippen LogP contribution < -0.4 is 10.5 Å². The molecule has 1 unspecified atom stereocenters. The molecule has 0 bridgehead atoms. The van der Waals surface area contributed by atoms with E-state index in [1.165, 1.54) is 10.2 Å². The van der Waals surface area contributed by atoms with Crippen LogP contribution in [0.4, 0.5) is 5.69 Å². The van der Waals surface area contributed by atoms with E-state index in [0.29, 0.717) is 18.8 Å². The Morgan fingerprint density at radius 3 is 2.87 bits per heavy atom. The molecule has 2 aliphatic heterocycles. The Kier molecular flexibility index (Phi) is 5.08. The topological polar surface area (TPSA) is 65.2 Å². The zero-order valence-corrected chi connectivity index (χ0v) is 17.7. The lowest BCUT2D eigenvalue weighted by Gasteiger charge is -2.29. The van der Waals surface area contributed by atoms with Crippen LogP contribution in [-0.2, 0) is 17.7 Å². The summed E-state index contributed by atoms with van der Waals surface area (Å²) < 4.78 is 9.03. The number of para-hydroxylation sites is 1. The summed E-state index contributed by atoms with van der Waals surface area (Å²) in [4.78, 5) is 15.0. The number of benzene rings is 1. The number of aromatic nitrogens is 4. The molecule has 30 heavy (non-hydrogen) atoms. The van der Waals surface area contributed by atoms with E-state index in [2.05, 4.69) is 35.3 Å². The molecule has 7 nitrogen and oxygen atoms in total. The van der Waals surface area contributed by atoms with E-state index in [9.17, 15) is 4.79 Å². The molecule has 0 spiro atoms. The number of hydrogen-bond acceptors (Lipinski definition) is 5. The van der Waals surface area contributed by atoms with Crippen molar-refractivity contribution in [3.8, 4) is 5.69 Å². The average Bonchev–Trinajstić information content (AvgIpc) is 3.19. The molecule has 5 rings (SSSR count). The first-order chi connectivity index (χ1) is 14.6. The van der Waals surface area contributed by atoms with Gasteiger partial charge in [-0.15, -0.1) is 0 Å². The second kappa shape index (κ2) is 7.89. The fourth-order valence-electron chi connectivity index (χ4n) is 4.24. The van der Waals surface area contributed by atoms with Gasteiger partial charge in [0.15, 0.2) is 6.23 Å². The van der Waals surface area contributed by atoms with Gasteiger partial charge in [-0.2, -0.15) is 14.9 Å². The second-order valence-corrected chi connectivity index (χ2v) is 8.30. The van der Waals surface area contributed by atoms with Gasteiger partial charge in [0.05, 0.1) is 23.3 Å². The largest absolute Gasteiger partial charge is 0.364 e. The lowest BCUT2D eigenvalue weighted by molar-refractivity contribution is -0.0424. The number of halogens is 1. The molecule has 3 aromatic rings. The third-order valence-electron chi connectivity index (χ3n) is 5.91. The summed E-state index contributed by atoms with van der Waals surface area (Å²) in [5.41, 5.74) is 4.86. The highest BCUT2D eigenvalue weighted by molar-refractivity contribution is 6.33. The predicted molar refractivity (Wildman–Crippen MR) is 115 cm³/mol. The van der Waals surface area contributed by atoms with Crippen LogP contribution in [0.1, 0.15) is 42.3 Å². The maximum absolute atomic E-state index is 12.8. The first kappa shape index (κ1) is 19.3. The van der Waals surface area contributed by atoms with Gasteiger partial charge in [-0.1, -0.05) is 29.8 Å². The van der Waals surface area contributed by atoms with Gasteiger partial charge < -0.3 is 9.64 Å². The fraction of sp³-hybridized carbons (Fsp3) is 0.409. The van der Waals surface area contributed by atoms with Crippen molar-refractivity contribution in [2.24, 2.45) is 0 Å². The standard InChI is InChI=1S/C22H24ClN5O2/c1-15-6-2-3-7-18(15)27-14-16-13-26(10-9-17(16)25-27)19-12-24-28(22(29)21(19)23)20-8-4-5-11-30-20/h2-3,6-7,12,14,20H,4-5,8-11,13H2,1H3. The van der Waals surface area contributed by atoms with Crippen LogP contribution in [-0.4, -0.2) is 32.7 Å². The van der Waals surface area contributed by atoms with E-state index < -0.39 is 0 Å². The predicted octanol–water partition coefficient (Wildman–Crippen LogP) is 3.65. The third-order valence-corrected chi connectivity index (χ3v) is 6.27. The summed E-state index contributed by atoms with van der Waals surface area (Å²) in [6.45, 7) is 4.12. The number of fused-ring (bicyclic) bond motifs is 1. The SMILES string of the molecule is Cc1ccccc1-n1cc2c(n1)CCN(c1cnn(C3CCCCO3)c(=O)c1Cl)C2. The van der Waals surface area contributed by atoms with Crippen molar-refractivity contribution in [3.05, 3.63) is 68.9 Å². The molecule has 0 aliphatic carbocycles. The fourth-order valence-corrected chi connectivity index (χ4v) is 4.50. The van der Waals surface area contributed by atoms with Gasteiger partial charge in [0, 0.05) is 37.9 Å². The van der Waals surface area contributed by atoms with Gasteiger partial charge in [-0.3, -0.25) is 4.79 Å². The van der Waals surface area contributed by atoms with Crippen molar-refractivity contribution in [1.82, 2.24) is 19.6 Å². The van der Waals surface area contributed by atoms with Crippen molar-refractivity contribution in [2.75, 3.05) is 18.1 Å². The molecule has 0 N–H and O–H groups in total. The van der Waals surface area contributed by atoms with Gasteiger partial charge in [-0.05, 0) is 37.8 Å². The van der Waals surface area contributed by atoms with E-state index in [4.69, 9.17) is 21.4 Å².